The van der Waals surface area contributed by atoms with Crippen LogP contribution in [0.3, 0.4) is 0 Å². The molecule has 2 aliphatic rings. The van der Waals surface area contributed by atoms with Crippen LogP contribution in [0, 0.1) is 0 Å². The minimum atomic E-state index is -3.03. The lowest BCUT2D eigenvalue weighted by atomic mass is 9.96. The number of guanidine groups is 1. The minimum absolute atomic E-state index is 0.182. The predicted molar refractivity (Wildman–Crippen MR) is 101 cm³/mol. The molecule has 0 bridgehead atoms. The summed E-state index contributed by atoms with van der Waals surface area (Å²) in [6.45, 7) is 5.28. The van der Waals surface area contributed by atoms with Crippen molar-refractivity contribution in [1.82, 2.24) is 14.9 Å². The molecule has 25 heavy (non-hydrogen) atoms. The van der Waals surface area contributed by atoms with Gasteiger partial charge in [-0.1, -0.05) is 30.3 Å². The van der Waals surface area contributed by atoms with Gasteiger partial charge in [0.1, 0.15) is 0 Å². The first-order valence-electron chi connectivity index (χ1n) is 9.11. The van der Waals surface area contributed by atoms with Gasteiger partial charge in [-0.05, 0) is 31.7 Å². The Bertz CT molecular complexity index is 699. The summed E-state index contributed by atoms with van der Waals surface area (Å²) in [5, 5.41) is 6.52. The van der Waals surface area contributed by atoms with Crippen molar-refractivity contribution in [3.63, 3.8) is 0 Å². The first-order valence-corrected chi connectivity index (χ1v) is 10.7. The van der Waals surface area contributed by atoms with E-state index in [1.165, 1.54) is 18.4 Å². The molecule has 7 heteroatoms. The van der Waals surface area contributed by atoms with E-state index in [1.54, 1.807) is 4.31 Å². The molecule has 0 atom stereocenters. The summed E-state index contributed by atoms with van der Waals surface area (Å²) < 4.78 is 25.2. The number of sulfonamides is 1. The van der Waals surface area contributed by atoms with Gasteiger partial charge in [-0.3, -0.25) is 4.99 Å². The second-order valence-electron chi connectivity index (χ2n) is 6.84. The molecule has 0 amide bonds. The van der Waals surface area contributed by atoms with Crippen LogP contribution in [-0.2, 0) is 15.4 Å². The molecule has 1 saturated carbocycles. The van der Waals surface area contributed by atoms with E-state index in [2.05, 4.69) is 34.9 Å². The van der Waals surface area contributed by atoms with E-state index >= 15 is 0 Å². The van der Waals surface area contributed by atoms with Gasteiger partial charge in [0, 0.05) is 31.6 Å². The zero-order valence-corrected chi connectivity index (χ0v) is 15.7. The van der Waals surface area contributed by atoms with Crippen LogP contribution in [0.25, 0.3) is 0 Å². The van der Waals surface area contributed by atoms with E-state index < -0.39 is 10.0 Å². The Labute approximate surface area is 150 Å². The number of aliphatic imine (C=N–C) groups is 1. The molecule has 0 unspecified atom stereocenters. The van der Waals surface area contributed by atoms with Crippen molar-refractivity contribution >= 4 is 16.0 Å². The molecule has 0 radical (unpaired) electrons. The maximum Gasteiger partial charge on any atom is 0.214 e. The van der Waals surface area contributed by atoms with E-state index in [-0.39, 0.29) is 11.2 Å². The SMILES string of the molecule is CCNC(=NCC1(c2ccccc2)CC1)NCCN1CCCS1(=O)=O. The highest BCUT2D eigenvalue weighted by Gasteiger charge is 2.44. The van der Waals surface area contributed by atoms with Crippen molar-refractivity contribution in [2.75, 3.05) is 38.5 Å². The third-order valence-electron chi connectivity index (χ3n) is 4.98. The number of nitrogens with one attached hydrogen (secondary N) is 2. The zero-order chi connectivity index (χ0) is 17.8. The number of nitrogens with zero attached hydrogens (tertiary/aromatic N) is 2. The minimum Gasteiger partial charge on any atom is -0.357 e. The van der Waals surface area contributed by atoms with E-state index in [4.69, 9.17) is 4.99 Å². The maximum atomic E-state index is 11.8. The topological polar surface area (TPSA) is 73.8 Å². The molecule has 0 aromatic heterocycles. The summed E-state index contributed by atoms with van der Waals surface area (Å²) in [6.07, 6.45) is 3.08. The molecule has 1 saturated heterocycles. The summed E-state index contributed by atoms with van der Waals surface area (Å²) in [4.78, 5) is 4.75. The Morgan fingerprint density at radius 1 is 1.24 bits per heavy atom. The predicted octanol–water partition coefficient (Wildman–Crippen LogP) is 1.31. The van der Waals surface area contributed by atoms with Gasteiger partial charge in [0.25, 0.3) is 0 Å². The van der Waals surface area contributed by atoms with Crippen LogP contribution >= 0.6 is 0 Å². The summed E-state index contributed by atoms with van der Waals surface area (Å²) in [7, 11) is -3.03. The van der Waals surface area contributed by atoms with E-state index in [1.807, 2.05) is 13.0 Å². The third kappa shape index (κ3) is 4.52. The van der Waals surface area contributed by atoms with Gasteiger partial charge in [-0.2, -0.15) is 0 Å². The molecule has 2 fully saturated rings. The van der Waals surface area contributed by atoms with Crippen LogP contribution in [0.1, 0.15) is 31.7 Å². The highest BCUT2D eigenvalue weighted by molar-refractivity contribution is 7.89. The fourth-order valence-electron chi connectivity index (χ4n) is 3.29. The van der Waals surface area contributed by atoms with Crippen molar-refractivity contribution in [2.24, 2.45) is 4.99 Å². The number of rotatable bonds is 7. The number of benzene rings is 1. The van der Waals surface area contributed by atoms with E-state index in [0.717, 1.165) is 25.5 Å². The van der Waals surface area contributed by atoms with Crippen molar-refractivity contribution in [3.05, 3.63) is 35.9 Å². The molecular weight excluding hydrogens is 336 g/mol. The van der Waals surface area contributed by atoms with Gasteiger partial charge in [-0.25, -0.2) is 12.7 Å². The number of hydrogen-bond acceptors (Lipinski definition) is 3. The molecular formula is C18H28N4O2S. The average molecular weight is 365 g/mol. The lowest BCUT2D eigenvalue weighted by Crippen LogP contribution is -2.42. The Morgan fingerprint density at radius 2 is 2.00 bits per heavy atom. The van der Waals surface area contributed by atoms with Gasteiger partial charge in [0.2, 0.25) is 10.0 Å². The monoisotopic (exact) mass is 364 g/mol. The molecule has 6 nitrogen and oxygen atoms in total. The lowest BCUT2D eigenvalue weighted by Gasteiger charge is -2.18. The average Bonchev–Trinajstić information content (AvgIpc) is 3.33. The summed E-state index contributed by atoms with van der Waals surface area (Å²) in [6, 6.07) is 10.6. The first kappa shape index (κ1) is 18.2. The summed E-state index contributed by atoms with van der Waals surface area (Å²) in [5.74, 6) is 1.04. The second-order valence-corrected chi connectivity index (χ2v) is 8.93. The van der Waals surface area contributed by atoms with E-state index in [9.17, 15) is 8.42 Å². The molecule has 3 rings (SSSR count). The Kier molecular flexibility index (Phi) is 5.64. The smallest absolute Gasteiger partial charge is 0.214 e. The first-order chi connectivity index (χ1) is 12.1. The standard InChI is InChI=1S/C18H28N4O2S/c1-2-19-17(20-11-13-22-12-6-14-25(22,23)24)21-15-18(9-10-18)16-7-4-3-5-8-16/h3-5,7-8H,2,6,9-15H2,1H3,(H2,19,20,21). The normalized spacial score (nSPS) is 21.9. The van der Waals surface area contributed by atoms with Gasteiger partial charge in [0.15, 0.2) is 5.96 Å². The van der Waals surface area contributed by atoms with Crippen LogP contribution in [0.4, 0.5) is 0 Å². The van der Waals surface area contributed by atoms with Crippen LogP contribution in [-0.4, -0.2) is 57.2 Å². The molecule has 138 valence electrons. The van der Waals surface area contributed by atoms with Gasteiger partial charge in [0.05, 0.1) is 12.3 Å². The molecule has 0 spiro atoms. The molecule has 1 aromatic carbocycles. The highest BCUT2D eigenvalue weighted by atomic mass is 32.2. The van der Waals surface area contributed by atoms with Crippen molar-refractivity contribution in [2.45, 2.75) is 31.6 Å². The van der Waals surface area contributed by atoms with Crippen LogP contribution in [0.2, 0.25) is 0 Å². The molecule has 2 N–H and O–H groups in total. The van der Waals surface area contributed by atoms with Crippen LogP contribution in [0.15, 0.2) is 35.3 Å². The van der Waals surface area contributed by atoms with Crippen LogP contribution < -0.4 is 10.6 Å². The Balaban J connectivity index is 1.55. The fourth-order valence-corrected chi connectivity index (χ4v) is 4.82. The third-order valence-corrected chi connectivity index (χ3v) is 6.94. The van der Waals surface area contributed by atoms with Crippen molar-refractivity contribution in [3.8, 4) is 0 Å². The van der Waals surface area contributed by atoms with Crippen LogP contribution in [0.5, 0.6) is 0 Å². The maximum absolute atomic E-state index is 11.8. The van der Waals surface area contributed by atoms with Gasteiger partial charge in [-0.15, -0.1) is 0 Å². The summed E-state index contributed by atoms with van der Waals surface area (Å²) >= 11 is 0. The van der Waals surface area contributed by atoms with Crippen molar-refractivity contribution in [1.29, 1.82) is 0 Å². The second kappa shape index (κ2) is 7.74. The van der Waals surface area contributed by atoms with Gasteiger partial charge < -0.3 is 10.6 Å². The summed E-state index contributed by atoms with van der Waals surface area (Å²) in [5.41, 5.74) is 1.54. The zero-order valence-electron chi connectivity index (χ0n) is 14.9. The Morgan fingerprint density at radius 3 is 2.60 bits per heavy atom. The lowest BCUT2D eigenvalue weighted by molar-refractivity contribution is 0.445. The molecule has 1 heterocycles. The van der Waals surface area contributed by atoms with E-state index in [0.29, 0.717) is 19.6 Å². The molecule has 1 aliphatic heterocycles. The Hall–Kier alpha value is -1.60. The fraction of sp³-hybridized carbons (Fsp3) is 0.611. The van der Waals surface area contributed by atoms with Crippen molar-refractivity contribution < 1.29 is 8.42 Å². The number of hydrogen-bond donors (Lipinski definition) is 2. The quantitative estimate of drug-likeness (QED) is 0.565. The highest BCUT2D eigenvalue weighted by Crippen LogP contribution is 2.48. The molecule has 1 aliphatic carbocycles. The largest absolute Gasteiger partial charge is 0.357 e. The molecule has 1 aromatic rings. The van der Waals surface area contributed by atoms with Gasteiger partial charge >= 0.3 is 0 Å².